The highest BCUT2D eigenvalue weighted by Gasteiger charge is 2.44. The summed E-state index contributed by atoms with van der Waals surface area (Å²) in [5.41, 5.74) is 1.35. The molecule has 0 aromatic heterocycles. The van der Waals surface area contributed by atoms with Crippen LogP contribution in [0.15, 0.2) is 60.7 Å². The van der Waals surface area contributed by atoms with Gasteiger partial charge in [-0.3, -0.25) is 9.59 Å². The molecule has 28 heavy (non-hydrogen) atoms. The molecule has 1 N–H and O–H groups in total. The van der Waals surface area contributed by atoms with E-state index < -0.39 is 11.4 Å². The van der Waals surface area contributed by atoms with E-state index in [0.717, 1.165) is 18.4 Å². The van der Waals surface area contributed by atoms with Crippen LogP contribution in [0.3, 0.4) is 0 Å². The van der Waals surface area contributed by atoms with Crippen LogP contribution in [0.4, 0.5) is 0 Å². The van der Waals surface area contributed by atoms with E-state index in [4.69, 9.17) is 0 Å². The van der Waals surface area contributed by atoms with Crippen LogP contribution in [0, 0.1) is 5.92 Å². The first-order valence-corrected chi connectivity index (χ1v) is 10.2. The molecule has 4 heteroatoms. The molecule has 4 nitrogen and oxygen atoms in total. The molecular weight excluding hydrogens is 350 g/mol. The fourth-order valence-electron chi connectivity index (χ4n) is 4.80. The van der Waals surface area contributed by atoms with Gasteiger partial charge < -0.3 is 10.0 Å². The molecule has 2 aliphatic rings. The van der Waals surface area contributed by atoms with Gasteiger partial charge in [-0.05, 0) is 48.6 Å². The molecule has 2 aromatic rings. The van der Waals surface area contributed by atoms with E-state index in [9.17, 15) is 14.7 Å². The Labute approximate surface area is 166 Å². The predicted octanol–water partition coefficient (Wildman–Crippen LogP) is 4.22. The molecule has 0 atom stereocenters. The minimum atomic E-state index is -0.868. The van der Waals surface area contributed by atoms with E-state index in [1.807, 2.05) is 41.3 Å². The summed E-state index contributed by atoms with van der Waals surface area (Å²) in [5.74, 6) is 0.440. The number of benzene rings is 2. The molecule has 0 radical (unpaired) electrons. The van der Waals surface area contributed by atoms with Crippen molar-refractivity contribution in [2.75, 3.05) is 13.1 Å². The Kier molecular flexibility index (Phi) is 5.21. The number of carbonyl (C=O) groups excluding carboxylic acids is 1. The van der Waals surface area contributed by atoms with Gasteiger partial charge in [0.25, 0.3) is 0 Å². The maximum absolute atomic E-state index is 12.7. The molecule has 1 heterocycles. The van der Waals surface area contributed by atoms with Crippen LogP contribution in [0.25, 0.3) is 0 Å². The Balaban J connectivity index is 1.31. The number of nitrogens with zero attached hydrogens (tertiary/aromatic N) is 1. The van der Waals surface area contributed by atoms with E-state index in [1.54, 1.807) is 0 Å². The van der Waals surface area contributed by atoms with Crippen molar-refractivity contribution in [3.63, 3.8) is 0 Å². The number of hydrogen-bond acceptors (Lipinski definition) is 2. The van der Waals surface area contributed by atoms with Gasteiger partial charge in [-0.1, -0.05) is 60.7 Å². The van der Waals surface area contributed by atoms with Crippen LogP contribution in [0.1, 0.15) is 49.1 Å². The molecule has 1 saturated heterocycles. The van der Waals surface area contributed by atoms with Crippen LogP contribution < -0.4 is 0 Å². The van der Waals surface area contributed by atoms with Crippen molar-refractivity contribution >= 4 is 11.9 Å². The number of piperidine rings is 1. The van der Waals surface area contributed by atoms with Crippen molar-refractivity contribution in [1.29, 1.82) is 0 Å². The summed E-state index contributed by atoms with van der Waals surface area (Å²) in [6.45, 7) is 1.05. The highest BCUT2D eigenvalue weighted by molar-refractivity contribution is 5.83. The van der Waals surface area contributed by atoms with Crippen LogP contribution in [-0.4, -0.2) is 35.0 Å². The highest BCUT2D eigenvalue weighted by Crippen LogP contribution is 2.44. The smallest absolute Gasteiger partial charge is 0.314 e. The topological polar surface area (TPSA) is 57.6 Å². The Bertz CT molecular complexity index is 819. The second-order valence-corrected chi connectivity index (χ2v) is 8.28. The first kappa shape index (κ1) is 18.7. The number of aliphatic carboxylic acids is 1. The molecule has 0 bridgehead atoms. The number of hydrogen-bond donors (Lipinski definition) is 1. The average Bonchev–Trinajstić information content (AvgIpc) is 2.71. The van der Waals surface area contributed by atoms with Crippen molar-refractivity contribution in [2.45, 2.75) is 43.4 Å². The molecule has 1 saturated carbocycles. The number of rotatable bonds is 5. The third-order valence-corrected chi connectivity index (χ3v) is 6.68. The third-order valence-electron chi connectivity index (χ3n) is 6.68. The Morgan fingerprint density at radius 1 is 0.929 bits per heavy atom. The second-order valence-electron chi connectivity index (χ2n) is 8.28. The average molecular weight is 377 g/mol. The lowest BCUT2D eigenvalue weighted by molar-refractivity contribution is -0.148. The SMILES string of the molecule is O=C(CC1CC(c2ccccc2)C1)N1CCC(C(=O)O)(c2ccccc2)CC1. The fraction of sp³-hybridized carbons (Fsp3) is 0.417. The molecule has 1 amide bonds. The van der Waals surface area contributed by atoms with Gasteiger partial charge >= 0.3 is 5.97 Å². The molecule has 0 spiro atoms. The van der Waals surface area contributed by atoms with E-state index in [1.165, 1.54) is 5.56 Å². The van der Waals surface area contributed by atoms with Gasteiger partial charge in [0.1, 0.15) is 0 Å². The lowest BCUT2D eigenvalue weighted by Crippen LogP contribution is -2.49. The van der Waals surface area contributed by atoms with Crippen molar-refractivity contribution in [3.05, 3.63) is 71.8 Å². The molecule has 4 rings (SSSR count). The lowest BCUT2D eigenvalue weighted by Gasteiger charge is -2.41. The summed E-state index contributed by atoms with van der Waals surface area (Å²) in [6.07, 6.45) is 3.71. The Hall–Kier alpha value is -2.62. The summed E-state index contributed by atoms with van der Waals surface area (Å²) in [5, 5.41) is 9.89. The first-order chi connectivity index (χ1) is 13.6. The van der Waals surface area contributed by atoms with Gasteiger partial charge in [-0.15, -0.1) is 0 Å². The minimum absolute atomic E-state index is 0.184. The molecule has 0 unspecified atom stereocenters. The van der Waals surface area contributed by atoms with E-state index in [2.05, 4.69) is 24.3 Å². The lowest BCUT2D eigenvalue weighted by atomic mass is 9.69. The number of amides is 1. The molecule has 2 aromatic carbocycles. The molecule has 2 fully saturated rings. The summed E-state index contributed by atoms with van der Waals surface area (Å²) in [7, 11) is 0. The first-order valence-electron chi connectivity index (χ1n) is 10.2. The van der Waals surface area contributed by atoms with Gasteiger partial charge in [0.2, 0.25) is 5.91 Å². The van der Waals surface area contributed by atoms with Gasteiger partial charge in [0.05, 0.1) is 5.41 Å². The summed E-state index contributed by atoms with van der Waals surface area (Å²) in [6, 6.07) is 20.0. The highest BCUT2D eigenvalue weighted by atomic mass is 16.4. The zero-order chi connectivity index (χ0) is 19.6. The summed E-state index contributed by atoms with van der Waals surface area (Å²) >= 11 is 0. The largest absolute Gasteiger partial charge is 0.481 e. The van der Waals surface area contributed by atoms with Crippen LogP contribution in [0.5, 0.6) is 0 Å². The zero-order valence-electron chi connectivity index (χ0n) is 16.1. The third kappa shape index (κ3) is 3.56. The van der Waals surface area contributed by atoms with E-state index >= 15 is 0 Å². The molecule has 1 aliphatic carbocycles. The normalized spacial score (nSPS) is 23.6. The van der Waals surface area contributed by atoms with Crippen LogP contribution in [0.2, 0.25) is 0 Å². The van der Waals surface area contributed by atoms with Gasteiger partial charge in [0, 0.05) is 19.5 Å². The zero-order valence-corrected chi connectivity index (χ0v) is 16.1. The van der Waals surface area contributed by atoms with Crippen molar-refractivity contribution < 1.29 is 14.7 Å². The van der Waals surface area contributed by atoms with Crippen molar-refractivity contribution in [2.24, 2.45) is 5.92 Å². The second kappa shape index (κ2) is 7.78. The monoisotopic (exact) mass is 377 g/mol. The van der Waals surface area contributed by atoms with Gasteiger partial charge in [-0.25, -0.2) is 0 Å². The predicted molar refractivity (Wildman–Crippen MR) is 108 cm³/mol. The molecular formula is C24H27NO3. The quantitative estimate of drug-likeness (QED) is 0.849. The molecule has 1 aliphatic heterocycles. The number of likely N-dealkylation sites (tertiary alicyclic amines) is 1. The Morgan fingerprint density at radius 2 is 1.50 bits per heavy atom. The van der Waals surface area contributed by atoms with E-state index in [-0.39, 0.29) is 5.91 Å². The van der Waals surface area contributed by atoms with Crippen molar-refractivity contribution in [3.8, 4) is 0 Å². The maximum Gasteiger partial charge on any atom is 0.314 e. The van der Waals surface area contributed by atoms with Gasteiger partial charge in [-0.2, -0.15) is 0 Å². The minimum Gasteiger partial charge on any atom is -0.481 e. The summed E-state index contributed by atoms with van der Waals surface area (Å²) in [4.78, 5) is 26.7. The molecule has 146 valence electrons. The number of carboxylic acid groups (broad SMARTS) is 1. The van der Waals surface area contributed by atoms with Gasteiger partial charge in [0.15, 0.2) is 0 Å². The van der Waals surface area contributed by atoms with Crippen LogP contribution in [-0.2, 0) is 15.0 Å². The number of carboxylic acids is 1. The standard InChI is InChI=1S/C24H27NO3/c26-22(17-18-15-20(16-18)19-7-3-1-4-8-19)25-13-11-24(12-14-25,23(27)28)21-9-5-2-6-10-21/h1-10,18,20H,11-17H2,(H,27,28). The number of carbonyl (C=O) groups is 2. The van der Waals surface area contributed by atoms with Crippen LogP contribution >= 0.6 is 0 Å². The Morgan fingerprint density at radius 3 is 2.07 bits per heavy atom. The maximum atomic E-state index is 12.7. The fourth-order valence-corrected chi connectivity index (χ4v) is 4.80. The van der Waals surface area contributed by atoms with E-state index in [0.29, 0.717) is 44.2 Å². The summed E-state index contributed by atoms with van der Waals surface area (Å²) < 4.78 is 0. The van der Waals surface area contributed by atoms with Crippen molar-refractivity contribution in [1.82, 2.24) is 4.90 Å².